The molecule has 5 rings (SSSR count). The number of aromatic amines is 1. The van der Waals surface area contributed by atoms with Gasteiger partial charge in [-0.2, -0.15) is 18.4 Å². The number of aromatic nitrogens is 8. The Morgan fingerprint density at radius 1 is 1.03 bits per heavy atom. The van der Waals surface area contributed by atoms with Crippen molar-refractivity contribution < 1.29 is 13.2 Å². The fourth-order valence-corrected chi connectivity index (χ4v) is 4.70. The summed E-state index contributed by atoms with van der Waals surface area (Å²) >= 11 is 0. The first-order valence-electron chi connectivity index (χ1n) is 12.7. The number of rotatable bonds is 9. The molecule has 0 atom stereocenters. The Bertz CT molecular complexity index is 1610. The highest BCUT2D eigenvalue weighted by Crippen LogP contribution is 2.34. The zero-order valence-electron chi connectivity index (χ0n) is 21.5. The molecule has 5 aromatic rings. The van der Waals surface area contributed by atoms with Gasteiger partial charge in [0.1, 0.15) is 5.82 Å². The maximum absolute atomic E-state index is 13.9. The normalized spacial score (nSPS) is 11.8. The highest BCUT2D eigenvalue weighted by Gasteiger charge is 2.37. The molecule has 0 unspecified atom stereocenters. The van der Waals surface area contributed by atoms with E-state index in [0.29, 0.717) is 24.5 Å². The summed E-state index contributed by atoms with van der Waals surface area (Å²) in [4.78, 5) is 18.0. The monoisotopic (exact) mass is 536 g/mol. The molecule has 0 aliphatic heterocycles. The lowest BCUT2D eigenvalue weighted by molar-refractivity contribution is -0.137. The largest absolute Gasteiger partial charge is 0.419 e. The lowest BCUT2D eigenvalue weighted by Crippen LogP contribution is -2.27. The summed E-state index contributed by atoms with van der Waals surface area (Å²) in [6.07, 6.45) is 3.90. The highest BCUT2D eigenvalue weighted by atomic mass is 19.4. The first-order valence-corrected chi connectivity index (χ1v) is 12.7. The first kappa shape index (κ1) is 26.1. The van der Waals surface area contributed by atoms with Crippen LogP contribution < -0.4 is 5.69 Å². The zero-order chi connectivity index (χ0) is 27.6. The Kier molecular flexibility index (Phi) is 7.18. The number of unbranched alkanes of at least 4 members (excludes halogenated alkanes) is 1. The standard InChI is InChI=1S/C27H27F3N8O/c1-3-5-6-21-17-38(25-23(27(28,29)30)12-14-36(25)4-2)26(39)37(21)16-20-15-31-13-11-22(20)18-7-9-19(10-8-18)24-32-34-35-33-24/h7-15,17H,3-6,16H2,1-2H3,(H,32,33,34,35). The van der Waals surface area contributed by atoms with Gasteiger partial charge in [-0.25, -0.2) is 4.79 Å². The van der Waals surface area contributed by atoms with Crippen LogP contribution in [0.3, 0.4) is 0 Å². The fourth-order valence-electron chi connectivity index (χ4n) is 4.70. The van der Waals surface area contributed by atoms with Crippen LogP contribution in [0.15, 0.2) is 66.0 Å². The molecule has 1 N–H and O–H groups in total. The molecule has 1 aromatic carbocycles. The minimum Gasteiger partial charge on any atom is -0.334 e. The number of alkyl halides is 3. The second-order valence-corrected chi connectivity index (χ2v) is 9.15. The van der Waals surface area contributed by atoms with Crippen LogP contribution in [0, 0.1) is 0 Å². The third kappa shape index (κ3) is 5.14. The van der Waals surface area contributed by atoms with Crippen LogP contribution in [0.2, 0.25) is 0 Å². The van der Waals surface area contributed by atoms with Crippen molar-refractivity contribution in [1.82, 2.24) is 39.3 Å². The van der Waals surface area contributed by atoms with E-state index in [0.717, 1.165) is 45.7 Å². The van der Waals surface area contributed by atoms with Gasteiger partial charge in [0, 0.05) is 42.6 Å². The van der Waals surface area contributed by atoms with E-state index in [1.165, 1.54) is 10.8 Å². The number of halogens is 3. The number of benzene rings is 1. The molecule has 0 amide bonds. The van der Waals surface area contributed by atoms with Crippen molar-refractivity contribution >= 4 is 0 Å². The third-order valence-electron chi connectivity index (χ3n) is 6.69. The third-order valence-corrected chi connectivity index (χ3v) is 6.69. The number of hydrogen-bond donors (Lipinski definition) is 1. The summed E-state index contributed by atoms with van der Waals surface area (Å²) < 4.78 is 45.8. The Balaban J connectivity index is 1.57. The summed E-state index contributed by atoms with van der Waals surface area (Å²) in [5.41, 5.74) is 2.61. The molecule has 4 heterocycles. The number of nitrogens with zero attached hydrogens (tertiary/aromatic N) is 7. The minimum absolute atomic E-state index is 0.162. The van der Waals surface area contributed by atoms with Gasteiger partial charge in [0.05, 0.1) is 12.1 Å². The number of imidazole rings is 1. The highest BCUT2D eigenvalue weighted by molar-refractivity contribution is 5.70. The van der Waals surface area contributed by atoms with E-state index in [2.05, 4.69) is 25.6 Å². The van der Waals surface area contributed by atoms with Crippen LogP contribution in [0.25, 0.3) is 28.3 Å². The lowest BCUT2D eigenvalue weighted by Gasteiger charge is -2.13. The molecule has 0 bridgehead atoms. The second-order valence-electron chi connectivity index (χ2n) is 9.15. The van der Waals surface area contributed by atoms with E-state index in [4.69, 9.17) is 0 Å². The summed E-state index contributed by atoms with van der Waals surface area (Å²) in [6.45, 7) is 4.23. The first-order chi connectivity index (χ1) is 18.8. The molecule has 0 saturated heterocycles. The van der Waals surface area contributed by atoms with Crippen molar-refractivity contribution in [3.63, 3.8) is 0 Å². The van der Waals surface area contributed by atoms with Gasteiger partial charge in [0.15, 0.2) is 0 Å². The maximum atomic E-state index is 13.9. The Morgan fingerprint density at radius 3 is 2.46 bits per heavy atom. The van der Waals surface area contributed by atoms with Gasteiger partial charge in [-0.1, -0.05) is 37.6 Å². The summed E-state index contributed by atoms with van der Waals surface area (Å²) in [5, 5.41) is 14.0. The molecular weight excluding hydrogens is 509 g/mol. The van der Waals surface area contributed by atoms with Gasteiger partial charge in [-0.05, 0) is 53.8 Å². The number of nitrogens with one attached hydrogen (secondary N) is 1. The predicted molar refractivity (Wildman–Crippen MR) is 139 cm³/mol. The second kappa shape index (κ2) is 10.7. The van der Waals surface area contributed by atoms with E-state index in [-0.39, 0.29) is 12.4 Å². The number of tetrazole rings is 1. The predicted octanol–water partition coefficient (Wildman–Crippen LogP) is 5.11. The molecule has 0 aliphatic carbocycles. The Labute approximate surface area is 221 Å². The van der Waals surface area contributed by atoms with E-state index in [1.54, 1.807) is 30.1 Å². The molecule has 0 aliphatic rings. The average Bonchev–Trinajstić information content (AvgIpc) is 3.68. The zero-order valence-corrected chi connectivity index (χ0v) is 21.5. The van der Waals surface area contributed by atoms with Crippen molar-refractivity contribution in [1.29, 1.82) is 0 Å². The van der Waals surface area contributed by atoms with Crippen LogP contribution in [0.4, 0.5) is 13.2 Å². The van der Waals surface area contributed by atoms with Crippen molar-refractivity contribution in [2.75, 3.05) is 0 Å². The van der Waals surface area contributed by atoms with Crippen LogP contribution in [0.1, 0.15) is 43.5 Å². The SMILES string of the molecule is CCCCc1cn(-c2c(C(F)(F)F)ccn2CC)c(=O)n1Cc1cnccc1-c1ccc(-c2nn[nH]n2)cc1. The van der Waals surface area contributed by atoms with E-state index in [9.17, 15) is 18.0 Å². The number of pyridine rings is 1. The molecule has 39 heavy (non-hydrogen) atoms. The molecule has 12 heteroatoms. The quantitative estimate of drug-likeness (QED) is 0.282. The lowest BCUT2D eigenvalue weighted by atomic mass is 10.00. The van der Waals surface area contributed by atoms with Crippen molar-refractivity contribution in [2.24, 2.45) is 0 Å². The van der Waals surface area contributed by atoms with Gasteiger partial charge in [-0.3, -0.25) is 14.1 Å². The van der Waals surface area contributed by atoms with Crippen molar-refractivity contribution in [3.8, 4) is 28.3 Å². The summed E-state index contributed by atoms with van der Waals surface area (Å²) in [6, 6.07) is 10.5. The molecule has 0 saturated carbocycles. The smallest absolute Gasteiger partial charge is 0.334 e. The van der Waals surface area contributed by atoms with Crippen LogP contribution >= 0.6 is 0 Å². The minimum atomic E-state index is -4.59. The number of H-pyrrole nitrogens is 1. The van der Waals surface area contributed by atoms with Crippen LogP contribution in [-0.4, -0.2) is 39.3 Å². The summed E-state index contributed by atoms with van der Waals surface area (Å²) in [5.74, 6) is 0.301. The Morgan fingerprint density at radius 2 is 1.79 bits per heavy atom. The molecule has 202 valence electrons. The van der Waals surface area contributed by atoms with Crippen molar-refractivity contribution in [3.05, 3.63) is 88.5 Å². The molecular formula is C27H27F3N8O. The molecule has 0 radical (unpaired) electrons. The summed E-state index contributed by atoms with van der Waals surface area (Å²) in [7, 11) is 0. The van der Waals surface area contributed by atoms with Gasteiger partial charge < -0.3 is 4.57 Å². The van der Waals surface area contributed by atoms with Gasteiger partial charge >= 0.3 is 11.9 Å². The fraction of sp³-hybridized carbons (Fsp3) is 0.296. The van der Waals surface area contributed by atoms with Gasteiger partial charge in [0.2, 0.25) is 5.82 Å². The Hall–Kier alpha value is -4.48. The number of hydrogen-bond acceptors (Lipinski definition) is 5. The molecule has 4 aromatic heterocycles. The average molecular weight is 537 g/mol. The van der Waals surface area contributed by atoms with E-state index in [1.807, 2.05) is 37.3 Å². The molecule has 0 spiro atoms. The molecule has 9 nitrogen and oxygen atoms in total. The van der Waals surface area contributed by atoms with Crippen LogP contribution in [-0.2, 0) is 25.7 Å². The van der Waals surface area contributed by atoms with Gasteiger partial charge in [-0.15, -0.1) is 10.2 Å². The van der Waals surface area contributed by atoms with Crippen molar-refractivity contribution in [2.45, 2.75) is 52.4 Å². The maximum Gasteiger partial charge on any atom is 0.419 e. The van der Waals surface area contributed by atoms with Crippen LogP contribution in [0.5, 0.6) is 0 Å². The molecule has 0 fully saturated rings. The van der Waals surface area contributed by atoms with E-state index >= 15 is 0 Å². The number of aryl methyl sites for hydroxylation is 2. The van der Waals surface area contributed by atoms with E-state index < -0.39 is 17.4 Å². The van der Waals surface area contributed by atoms with Gasteiger partial charge in [0.25, 0.3) is 0 Å². The topological polar surface area (TPSA) is 99.2 Å².